The summed E-state index contributed by atoms with van der Waals surface area (Å²) in [6.07, 6.45) is 3.07. The van der Waals surface area contributed by atoms with Crippen LogP contribution in [0.1, 0.15) is 79.0 Å². The molecule has 7 heteroatoms. The van der Waals surface area contributed by atoms with Crippen molar-refractivity contribution in [3.05, 3.63) is 23.5 Å². The molecule has 2 heterocycles. The lowest BCUT2D eigenvalue weighted by Gasteiger charge is -2.32. The van der Waals surface area contributed by atoms with Crippen LogP contribution in [-0.4, -0.2) is 34.6 Å². The molecule has 1 fully saturated rings. The summed E-state index contributed by atoms with van der Waals surface area (Å²) in [7, 11) is -0.666. The third kappa shape index (κ3) is 3.47. The number of ether oxygens (including phenoxy) is 1. The van der Waals surface area contributed by atoms with Crippen molar-refractivity contribution in [3.8, 4) is 0 Å². The highest BCUT2D eigenvalue weighted by molar-refractivity contribution is 6.63. The number of nitrogens with zero attached hydrogens (tertiary/aromatic N) is 1. The van der Waals surface area contributed by atoms with E-state index in [9.17, 15) is 9.18 Å². The Hall–Kier alpha value is -1.60. The number of allylic oxidation sites excluding steroid dienone is 1. The number of rotatable bonds is 1. The number of hydrogen-bond acceptors (Lipinski definition) is 4. The molecule has 0 saturated carbocycles. The lowest BCUT2D eigenvalue weighted by molar-refractivity contribution is 0.00578. The fourth-order valence-electron chi connectivity index (χ4n) is 3.41. The summed E-state index contributed by atoms with van der Waals surface area (Å²) in [6.45, 7) is 15.2. The molecule has 27 heavy (non-hydrogen) atoms. The highest BCUT2D eigenvalue weighted by Crippen LogP contribution is 2.40. The average molecular weight is 377 g/mol. The van der Waals surface area contributed by atoms with E-state index in [-0.39, 0.29) is 11.6 Å². The molecule has 0 radical (unpaired) electrons. The van der Waals surface area contributed by atoms with E-state index < -0.39 is 35.8 Å². The minimum absolute atomic E-state index is 0.0391. The van der Waals surface area contributed by atoms with Crippen LogP contribution in [0, 0.1) is 0 Å². The van der Waals surface area contributed by atoms with E-state index in [4.69, 9.17) is 14.0 Å². The van der Waals surface area contributed by atoms with E-state index in [0.717, 1.165) is 5.56 Å². The number of carbonyl (C=O) groups excluding carboxylic acids is 1. The Balaban J connectivity index is 2.10. The molecular weight excluding hydrogens is 348 g/mol. The van der Waals surface area contributed by atoms with Gasteiger partial charge in [-0.2, -0.15) is 0 Å². The third-order valence-corrected chi connectivity index (χ3v) is 5.54. The second kappa shape index (κ2) is 6.21. The van der Waals surface area contributed by atoms with Crippen molar-refractivity contribution in [2.45, 2.75) is 84.5 Å². The van der Waals surface area contributed by atoms with E-state index in [0.29, 0.717) is 11.9 Å². The summed E-state index contributed by atoms with van der Waals surface area (Å²) in [6, 6.07) is 0. The van der Waals surface area contributed by atoms with Crippen LogP contribution in [0.5, 0.6) is 0 Å². The Kier molecular flexibility index (Phi) is 4.63. The van der Waals surface area contributed by atoms with Crippen molar-refractivity contribution in [2.75, 3.05) is 0 Å². The molecule has 1 unspecified atom stereocenters. The van der Waals surface area contributed by atoms with Gasteiger partial charge in [0.1, 0.15) is 11.4 Å². The number of halogens is 1. The molecule has 148 valence electrons. The Labute approximate surface area is 161 Å². The van der Waals surface area contributed by atoms with Crippen molar-refractivity contribution in [1.29, 1.82) is 0 Å². The van der Waals surface area contributed by atoms with E-state index in [1.54, 1.807) is 27.0 Å². The molecule has 1 aromatic rings. The molecule has 1 aliphatic heterocycles. The maximum absolute atomic E-state index is 14.8. The smallest absolute Gasteiger partial charge is 0.443 e. The molecule has 0 N–H and O–H groups in total. The summed E-state index contributed by atoms with van der Waals surface area (Å²) in [5, 5.41) is 0. The fraction of sp³-hybridized carbons (Fsp3) is 0.650. The number of hydrogen-bond donors (Lipinski definition) is 0. The first kappa shape index (κ1) is 20.1. The zero-order valence-corrected chi connectivity index (χ0v) is 17.5. The fourth-order valence-corrected chi connectivity index (χ4v) is 3.41. The summed E-state index contributed by atoms with van der Waals surface area (Å²) in [4.78, 5) is 12.7. The van der Waals surface area contributed by atoms with Crippen LogP contribution in [0.2, 0.25) is 0 Å². The molecule has 0 spiro atoms. The lowest BCUT2D eigenvalue weighted by Crippen LogP contribution is -2.41. The first-order valence-electron chi connectivity index (χ1n) is 9.43. The quantitative estimate of drug-likeness (QED) is 0.682. The maximum atomic E-state index is 14.8. The molecule has 5 nitrogen and oxygen atoms in total. The van der Waals surface area contributed by atoms with Crippen LogP contribution in [0.15, 0.2) is 12.3 Å². The van der Waals surface area contributed by atoms with E-state index in [1.807, 2.05) is 34.6 Å². The van der Waals surface area contributed by atoms with Gasteiger partial charge in [-0.05, 0) is 72.4 Å². The monoisotopic (exact) mass is 377 g/mol. The van der Waals surface area contributed by atoms with Crippen molar-refractivity contribution in [3.63, 3.8) is 0 Å². The summed E-state index contributed by atoms with van der Waals surface area (Å²) in [5.74, 6) is -0.381. The first-order chi connectivity index (χ1) is 12.2. The molecule has 1 saturated heterocycles. The predicted molar refractivity (Wildman–Crippen MR) is 104 cm³/mol. The van der Waals surface area contributed by atoms with Gasteiger partial charge in [0, 0.05) is 11.7 Å². The largest absolute Gasteiger partial charge is 0.496 e. The molecule has 3 rings (SSSR count). The van der Waals surface area contributed by atoms with Crippen molar-refractivity contribution in [2.24, 2.45) is 0 Å². The zero-order valence-electron chi connectivity index (χ0n) is 17.5. The van der Waals surface area contributed by atoms with Gasteiger partial charge in [0.15, 0.2) is 0 Å². The molecule has 2 aliphatic rings. The van der Waals surface area contributed by atoms with E-state index in [1.165, 1.54) is 10.6 Å². The molecule has 1 atom stereocenters. The molecular formula is C20H29BFNO4. The second-order valence-corrected chi connectivity index (χ2v) is 9.47. The maximum Gasteiger partial charge on any atom is 0.496 e. The molecule has 0 bridgehead atoms. The highest BCUT2D eigenvalue weighted by atomic mass is 19.1. The van der Waals surface area contributed by atoms with Crippen LogP contribution in [0.25, 0.3) is 5.83 Å². The van der Waals surface area contributed by atoms with Gasteiger partial charge >= 0.3 is 13.2 Å². The Morgan fingerprint density at radius 2 is 1.81 bits per heavy atom. The Morgan fingerprint density at radius 1 is 1.26 bits per heavy atom. The Bertz CT molecular complexity index is 788. The minimum atomic E-state index is -0.681. The third-order valence-electron chi connectivity index (χ3n) is 5.54. The summed E-state index contributed by atoms with van der Waals surface area (Å²) in [5.41, 5.74) is -0.0492. The second-order valence-electron chi connectivity index (χ2n) is 9.47. The van der Waals surface area contributed by atoms with Crippen LogP contribution in [0.3, 0.4) is 0 Å². The van der Waals surface area contributed by atoms with Gasteiger partial charge < -0.3 is 14.0 Å². The van der Waals surface area contributed by atoms with Crippen LogP contribution in [0.4, 0.5) is 9.18 Å². The van der Waals surface area contributed by atoms with Gasteiger partial charge in [-0.1, -0.05) is 6.92 Å². The lowest BCUT2D eigenvalue weighted by atomic mass is 9.73. The van der Waals surface area contributed by atoms with Gasteiger partial charge in [-0.25, -0.2) is 9.18 Å². The van der Waals surface area contributed by atoms with Crippen molar-refractivity contribution in [1.82, 2.24) is 4.57 Å². The van der Waals surface area contributed by atoms with Gasteiger partial charge in [0.05, 0.1) is 16.9 Å². The van der Waals surface area contributed by atoms with Crippen LogP contribution >= 0.6 is 0 Å². The van der Waals surface area contributed by atoms with E-state index >= 15 is 0 Å². The van der Waals surface area contributed by atoms with E-state index in [2.05, 4.69) is 0 Å². The average Bonchev–Trinajstić information content (AvgIpc) is 2.98. The standard InChI is InChI=1S/C20H29BFNO4/c1-12-9-10-14(22)16-15(12)13(11-23(16)17(24)25-18(2,3)4)21-26-19(5,6)20(7,8)27-21/h10-12H,9H2,1-8H3. The highest BCUT2D eigenvalue weighted by Gasteiger charge is 2.53. The van der Waals surface area contributed by atoms with Gasteiger partial charge in [-0.15, -0.1) is 0 Å². The summed E-state index contributed by atoms with van der Waals surface area (Å²) >= 11 is 0. The zero-order chi connectivity index (χ0) is 20.4. The predicted octanol–water partition coefficient (Wildman–Crippen LogP) is 4.39. The van der Waals surface area contributed by atoms with Gasteiger partial charge in [-0.3, -0.25) is 4.57 Å². The number of fused-ring (bicyclic) bond motifs is 1. The normalized spacial score (nSPS) is 23.8. The van der Waals surface area contributed by atoms with Gasteiger partial charge in [0.25, 0.3) is 0 Å². The first-order valence-corrected chi connectivity index (χ1v) is 9.43. The number of carbonyl (C=O) groups is 1. The van der Waals surface area contributed by atoms with Crippen molar-refractivity contribution >= 4 is 24.5 Å². The topological polar surface area (TPSA) is 49.7 Å². The Morgan fingerprint density at radius 3 is 2.33 bits per heavy atom. The molecule has 1 aromatic heterocycles. The van der Waals surface area contributed by atoms with Crippen LogP contribution in [-0.2, 0) is 14.0 Å². The molecule has 0 amide bonds. The minimum Gasteiger partial charge on any atom is -0.443 e. The van der Waals surface area contributed by atoms with Crippen molar-refractivity contribution < 1.29 is 23.2 Å². The number of aromatic nitrogens is 1. The summed E-state index contributed by atoms with van der Waals surface area (Å²) < 4.78 is 33.8. The molecule has 1 aliphatic carbocycles. The van der Waals surface area contributed by atoms with Crippen LogP contribution < -0.4 is 5.46 Å². The molecule has 0 aromatic carbocycles. The van der Waals surface area contributed by atoms with Gasteiger partial charge in [0.2, 0.25) is 0 Å². The SMILES string of the molecule is CC1CC=C(F)c2c1c(B1OC(C)(C)C(C)(C)O1)cn2C(=O)OC(C)(C)C.